The average Bonchev–Trinajstić information content (AvgIpc) is 2.54. The minimum absolute atomic E-state index is 0.0586. The molecule has 1 unspecified atom stereocenters. The Balaban J connectivity index is 1.90. The fourth-order valence-electron chi connectivity index (χ4n) is 2.48. The first-order chi connectivity index (χ1) is 11.2. The highest BCUT2D eigenvalue weighted by atomic mass is 32.2. The van der Waals surface area contributed by atoms with Crippen LogP contribution in [-0.2, 0) is 6.42 Å². The molecule has 23 heavy (non-hydrogen) atoms. The van der Waals surface area contributed by atoms with Crippen molar-refractivity contribution < 1.29 is 15.3 Å². The molecule has 0 aliphatic rings. The van der Waals surface area contributed by atoms with Crippen LogP contribution in [0, 0.1) is 0 Å². The fraction of sp³-hybridized carbons (Fsp3) is 0.333. The lowest BCUT2D eigenvalue weighted by Gasteiger charge is -2.18. The molecule has 0 aliphatic heterocycles. The third-order valence-electron chi connectivity index (χ3n) is 3.63. The summed E-state index contributed by atoms with van der Waals surface area (Å²) in [6, 6.07) is 14.9. The van der Waals surface area contributed by atoms with Gasteiger partial charge in [0.25, 0.3) is 0 Å². The average molecular weight is 333 g/mol. The van der Waals surface area contributed by atoms with Gasteiger partial charge in [0.15, 0.2) is 0 Å². The maximum Gasteiger partial charge on any atom is 0.119 e. The van der Waals surface area contributed by atoms with Crippen LogP contribution in [0.1, 0.15) is 17.0 Å². The zero-order chi connectivity index (χ0) is 16.5. The van der Waals surface area contributed by atoms with Gasteiger partial charge in [0.1, 0.15) is 11.5 Å². The number of aliphatic hydroxyl groups excluding tert-OH is 1. The predicted octanol–water partition coefficient (Wildman–Crippen LogP) is 2.70. The number of aliphatic hydroxyl groups is 1. The van der Waals surface area contributed by atoms with Gasteiger partial charge < -0.3 is 20.6 Å². The molecule has 124 valence electrons. The van der Waals surface area contributed by atoms with Crippen molar-refractivity contribution in [2.24, 2.45) is 0 Å². The summed E-state index contributed by atoms with van der Waals surface area (Å²) in [7, 11) is 0. The van der Waals surface area contributed by atoms with Gasteiger partial charge >= 0.3 is 0 Å². The summed E-state index contributed by atoms with van der Waals surface area (Å²) in [6.45, 7) is 1.58. The Hall–Kier alpha value is -1.69. The number of hydrogen-bond acceptors (Lipinski definition) is 5. The van der Waals surface area contributed by atoms with Crippen LogP contribution in [0.3, 0.4) is 0 Å². The highest BCUT2D eigenvalue weighted by Gasteiger charge is 2.13. The SMILES string of the molecule is OCSCC(CNCCc1ccccc1)c1cc(O)cc(O)c1. The fourth-order valence-corrected chi connectivity index (χ4v) is 3.18. The van der Waals surface area contributed by atoms with E-state index in [0.29, 0.717) is 0 Å². The molecule has 1 atom stereocenters. The van der Waals surface area contributed by atoms with Crippen LogP contribution < -0.4 is 5.32 Å². The molecule has 0 bridgehead atoms. The number of phenols is 2. The molecule has 0 aromatic heterocycles. The van der Waals surface area contributed by atoms with Crippen molar-refractivity contribution >= 4 is 11.8 Å². The maximum atomic E-state index is 9.65. The van der Waals surface area contributed by atoms with Crippen LogP contribution >= 0.6 is 11.8 Å². The van der Waals surface area contributed by atoms with Crippen LogP contribution in [0.4, 0.5) is 0 Å². The quantitative estimate of drug-likeness (QED) is 0.419. The molecule has 4 N–H and O–H groups in total. The summed E-state index contributed by atoms with van der Waals surface area (Å²) in [5, 5.41) is 31.8. The summed E-state index contributed by atoms with van der Waals surface area (Å²) in [5.74, 6) is 1.01. The van der Waals surface area contributed by atoms with E-state index in [1.54, 1.807) is 12.1 Å². The molecule has 0 aliphatic carbocycles. The van der Waals surface area contributed by atoms with Crippen molar-refractivity contribution in [1.29, 1.82) is 0 Å². The normalized spacial score (nSPS) is 12.2. The molecule has 4 nitrogen and oxygen atoms in total. The lowest BCUT2D eigenvalue weighted by atomic mass is 10.00. The summed E-state index contributed by atoms with van der Waals surface area (Å²) >= 11 is 1.43. The third-order valence-corrected chi connectivity index (χ3v) is 4.45. The van der Waals surface area contributed by atoms with Gasteiger partial charge in [0.2, 0.25) is 0 Å². The van der Waals surface area contributed by atoms with Crippen molar-refractivity contribution in [2.75, 3.05) is 24.8 Å². The third kappa shape index (κ3) is 6.14. The van der Waals surface area contributed by atoms with Gasteiger partial charge in [0, 0.05) is 24.3 Å². The maximum absolute atomic E-state index is 9.65. The molecule has 0 fully saturated rings. The van der Waals surface area contributed by atoms with Crippen LogP contribution in [0.25, 0.3) is 0 Å². The number of rotatable bonds is 9. The molecule has 0 radical (unpaired) electrons. The summed E-state index contributed by atoms with van der Waals surface area (Å²) in [4.78, 5) is 0. The molecular formula is C18H23NO3S. The number of benzene rings is 2. The smallest absolute Gasteiger partial charge is 0.119 e. The Morgan fingerprint density at radius 3 is 2.35 bits per heavy atom. The van der Waals surface area contributed by atoms with Crippen molar-refractivity contribution in [3.05, 3.63) is 59.7 Å². The van der Waals surface area contributed by atoms with Gasteiger partial charge in [-0.05, 0) is 36.2 Å². The van der Waals surface area contributed by atoms with Gasteiger partial charge in [-0.25, -0.2) is 0 Å². The lowest BCUT2D eigenvalue weighted by molar-refractivity contribution is 0.375. The molecule has 5 heteroatoms. The van der Waals surface area contributed by atoms with Gasteiger partial charge in [-0.3, -0.25) is 0 Å². The first kappa shape index (κ1) is 17.7. The van der Waals surface area contributed by atoms with Crippen molar-refractivity contribution in [3.8, 4) is 11.5 Å². The van der Waals surface area contributed by atoms with E-state index in [9.17, 15) is 10.2 Å². The second-order valence-corrected chi connectivity index (χ2v) is 6.42. The van der Waals surface area contributed by atoms with Crippen molar-refractivity contribution in [2.45, 2.75) is 12.3 Å². The molecular weight excluding hydrogens is 310 g/mol. The van der Waals surface area contributed by atoms with E-state index in [2.05, 4.69) is 17.4 Å². The first-order valence-electron chi connectivity index (χ1n) is 7.65. The Morgan fingerprint density at radius 1 is 1.00 bits per heavy atom. The molecule has 0 saturated heterocycles. The van der Waals surface area contributed by atoms with Gasteiger partial charge in [0.05, 0.1) is 5.94 Å². The van der Waals surface area contributed by atoms with Gasteiger partial charge in [-0.2, -0.15) is 0 Å². The Kier molecular flexibility index (Phi) is 7.26. The second-order valence-electron chi connectivity index (χ2n) is 5.42. The zero-order valence-electron chi connectivity index (χ0n) is 13.0. The Labute approximate surface area is 141 Å². The van der Waals surface area contributed by atoms with Crippen LogP contribution in [0.5, 0.6) is 11.5 Å². The number of aromatic hydroxyl groups is 2. The van der Waals surface area contributed by atoms with Gasteiger partial charge in [-0.15, -0.1) is 11.8 Å². The molecule has 2 aromatic rings. The van der Waals surface area contributed by atoms with E-state index >= 15 is 0 Å². The standard InChI is InChI=1S/C18H23NO3S/c20-13-23-12-16(15-8-17(21)10-18(22)9-15)11-19-7-6-14-4-2-1-3-5-14/h1-5,8-10,16,19-22H,6-7,11-13H2. The van der Waals surface area contributed by atoms with Crippen molar-refractivity contribution in [1.82, 2.24) is 5.32 Å². The molecule has 0 spiro atoms. The number of phenolic OH excluding ortho intramolecular Hbond substituents is 2. The van der Waals surface area contributed by atoms with E-state index < -0.39 is 0 Å². The topological polar surface area (TPSA) is 72.7 Å². The molecule has 2 rings (SSSR count). The minimum atomic E-state index is 0.0586. The zero-order valence-corrected chi connectivity index (χ0v) is 13.8. The highest BCUT2D eigenvalue weighted by molar-refractivity contribution is 7.99. The number of hydrogen-bond donors (Lipinski definition) is 4. The van der Waals surface area contributed by atoms with E-state index in [1.807, 2.05) is 18.2 Å². The predicted molar refractivity (Wildman–Crippen MR) is 95.1 cm³/mol. The summed E-state index contributed by atoms with van der Waals surface area (Å²) in [5.41, 5.74) is 2.16. The van der Waals surface area contributed by atoms with Crippen molar-refractivity contribution in [3.63, 3.8) is 0 Å². The van der Waals surface area contributed by atoms with Crippen LogP contribution in [0.15, 0.2) is 48.5 Å². The van der Waals surface area contributed by atoms with Crippen LogP contribution in [-0.4, -0.2) is 40.1 Å². The molecule has 0 saturated carbocycles. The summed E-state index contributed by atoms with van der Waals surface area (Å²) in [6.07, 6.45) is 0.950. The Morgan fingerprint density at radius 2 is 1.70 bits per heavy atom. The molecule has 0 heterocycles. The van der Waals surface area contributed by atoms with Crippen LogP contribution in [0.2, 0.25) is 0 Å². The van der Waals surface area contributed by atoms with Gasteiger partial charge in [-0.1, -0.05) is 30.3 Å². The second kappa shape index (κ2) is 9.45. The van der Waals surface area contributed by atoms with E-state index in [-0.39, 0.29) is 23.4 Å². The van der Waals surface area contributed by atoms with E-state index in [4.69, 9.17) is 5.11 Å². The largest absolute Gasteiger partial charge is 0.508 e. The Bertz CT molecular complexity index is 572. The molecule has 0 amide bonds. The van der Waals surface area contributed by atoms with E-state index in [0.717, 1.165) is 30.8 Å². The summed E-state index contributed by atoms with van der Waals surface area (Å²) < 4.78 is 0. The molecule has 2 aromatic carbocycles. The number of thioether (sulfide) groups is 1. The van der Waals surface area contributed by atoms with E-state index in [1.165, 1.54) is 23.4 Å². The first-order valence-corrected chi connectivity index (χ1v) is 8.80. The number of nitrogens with one attached hydrogen (secondary N) is 1. The minimum Gasteiger partial charge on any atom is -0.508 e. The lowest BCUT2D eigenvalue weighted by Crippen LogP contribution is -2.25. The monoisotopic (exact) mass is 333 g/mol. The highest BCUT2D eigenvalue weighted by Crippen LogP contribution is 2.28.